The Morgan fingerprint density at radius 2 is 2.17 bits per heavy atom. The summed E-state index contributed by atoms with van der Waals surface area (Å²) in [6.07, 6.45) is 5.28. The van der Waals surface area contributed by atoms with E-state index in [0.717, 1.165) is 13.0 Å². The average Bonchev–Trinajstić information content (AvgIpc) is 2.79. The first-order valence-electron chi connectivity index (χ1n) is 5.15. The van der Waals surface area contributed by atoms with Crippen LogP contribution in [0.25, 0.3) is 0 Å². The molecule has 1 aliphatic carbocycles. The summed E-state index contributed by atoms with van der Waals surface area (Å²) in [4.78, 5) is 0. The lowest BCUT2D eigenvalue weighted by molar-refractivity contribution is 0.436. The van der Waals surface area contributed by atoms with Crippen molar-refractivity contribution in [1.82, 2.24) is 5.32 Å². The summed E-state index contributed by atoms with van der Waals surface area (Å²) in [6.45, 7) is 6.64. The lowest BCUT2D eigenvalue weighted by atomic mass is 10.0. The molecular weight excluding hydrogens is 148 g/mol. The molecule has 0 aromatic carbocycles. The van der Waals surface area contributed by atoms with E-state index in [-0.39, 0.29) is 0 Å². The molecule has 0 saturated heterocycles. The van der Waals surface area contributed by atoms with Gasteiger partial charge in [0.05, 0.1) is 0 Å². The molecule has 2 nitrogen and oxygen atoms in total. The van der Waals surface area contributed by atoms with Gasteiger partial charge in [-0.05, 0) is 44.6 Å². The second-order valence-electron chi connectivity index (χ2n) is 4.30. The van der Waals surface area contributed by atoms with E-state index in [9.17, 15) is 0 Å². The fraction of sp³-hybridized carbons (Fsp3) is 1.00. The van der Waals surface area contributed by atoms with Crippen molar-refractivity contribution in [2.75, 3.05) is 13.1 Å². The highest BCUT2D eigenvalue weighted by Gasteiger charge is 2.39. The van der Waals surface area contributed by atoms with Gasteiger partial charge in [0.1, 0.15) is 0 Å². The summed E-state index contributed by atoms with van der Waals surface area (Å²) in [7, 11) is 0. The van der Waals surface area contributed by atoms with Gasteiger partial charge in [0.25, 0.3) is 0 Å². The summed E-state index contributed by atoms with van der Waals surface area (Å²) in [5.41, 5.74) is 6.33. The first-order valence-corrected chi connectivity index (χ1v) is 5.15. The fourth-order valence-electron chi connectivity index (χ4n) is 1.52. The molecule has 0 aromatic heterocycles. The number of nitrogens with two attached hydrogens (primary N) is 1. The van der Waals surface area contributed by atoms with Crippen molar-refractivity contribution in [3.05, 3.63) is 0 Å². The largest absolute Gasteiger partial charge is 0.328 e. The highest BCUT2D eigenvalue weighted by atomic mass is 14.9. The maximum Gasteiger partial charge on any atom is 0.00225 e. The molecule has 1 rings (SSSR count). The maximum atomic E-state index is 5.65. The maximum absolute atomic E-state index is 5.65. The van der Waals surface area contributed by atoms with Crippen LogP contribution in [0.3, 0.4) is 0 Å². The molecule has 0 bridgehead atoms. The molecule has 72 valence electrons. The summed E-state index contributed by atoms with van der Waals surface area (Å²) in [5, 5.41) is 3.49. The van der Waals surface area contributed by atoms with Crippen LogP contribution in [0, 0.1) is 5.41 Å². The van der Waals surface area contributed by atoms with Crippen molar-refractivity contribution >= 4 is 0 Å². The van der Waals surface area contributed by atoms with E-state index in [0.29, 0.717) is 11.5 Å². The molecule has 0 radical (unpaired) electrons. The van der Waals surface area contributed by atoms with Crippen LogP contribution in [0.4, 0.5) is 0 Å². The predicted molar refractivity (Wildman–Crippen MR) is 53.1 cm³/mol. The lowest BCUT2D eigenvalue weighted by Crippen LogP contribution is -2.28. The zero-order valence-corrected chi connectivity index (χ0v) is 8.40. The van der Waals surface area contributed by atoms with Crippen molar-refractivity contribution in [3.63, 3.8) is 0 Å². The standard InChI is InChI=1S/C10H22N2/c1-3-10(5-6-10)8-12-7-4-9(2)11/h9,12H,3-8,11H2,1-2H3. The Morgan fingerprint density at radius 1 is 1.50 bits per heavy atom. The second-order valence-corrected chi connectivity index (χ2v) is 4.30. The van der Waals surface area contributed by atoms with Crippen LogP contribution in [0.5, 0.6) is 0 Å². The third-order valence-electron chi connectivity index (χ3n) is 2.98. The molecule has 1 unspecified atom stereocenters. The van der Waals surface area contributed by atoms with Gasteiger partial charge >= 0.3 is 0 Å². The van der Waals surface area contributed by atoms with E-state index in [1.54, 1.807) is 0 Å². The summed E-state index contributed by atoms with van der Waals surface area (Å²) >= 11 is 0. The van der Waals surface area contributed by atoms with E-state index in [4.69, 9.17) is 5.73 Å². The molecule has 3 N–H and O–H groups in total. The molecule has 1 fully saturated rings. The Bertz CT molecular complexity index is 128. The lowest BCUT2D eigenvalue weighted by Gasteiger charge is -2.13. The number of hydrogen-bond acceptors (Lipinski definition) is 2. The van der Waals surface area contributed by atoms with Gasteiger partial charge in [0.2, 0.25) is 0 Å². The fourth-order valence-corrected chi connectivity index (χ4v) is 1.52. The van der Waals surface area contributed by atoms with Crippen molar-refractivity contribution in [3.8, 4) is 0 Å². The normalized spacial score (nSPS) is 22.2. The number of rotatable bonds is 6. The summed E-state index contributed by atoms with van der Waals surface area (Å²) < 4.78 is 0. The molecule has 12 heavy (non-hydrogen) atoms. The highest BCUT2D eigenvalue weighted by molar-refractivity contribution is 4.93. The van der Waals surface area contributed by atoms with E-state index >= 15 is 0 Å². The minimum Gasteiger partial charge on any atom is -0.328 e. The van der Waals surface area contributed by atoms with Gasteiger partial charge in [0.15, 0.2) is 0 Å². The quantitative estimate of drug-likeness (QED) is 0.593. The Kier molecular flexibility index (Phi) is 3.53. The smallest absolute Gasteiger partial charge is 0.00225 e. The van der Waals surface area contributed by atoms with Crippen molar-refractivity contribution in [2.24, 2.45) is 11.1 Å². The average molecular weight is 170 g/mol. The van der Waals surface area contributed by atoms with Crippen LogP contribution < -0.4 is 11.1 Å². The van der Waals surface area contributed by atoms with Gasteiger partial charge in [0, 0.05) is 12.6 Å². The van der Waals surface area contributed by atoms with E-state index < -0.39 is 0 Å². The van der Waals surface area contributed by atoms with Crippen LogP contribution >= 0.6 is 0 Å². The third kappa shape index (κ3) is 3.11. The molecule has 2 heteroatoms. The monoisotopic (exact) mass is 170 g/mol. The Hall–Kier alpha value is -0.0800. The first-order chi connectivity index (χ1) is 5.68. The minimum absolute atomic E-state index is 0.342. The first kappa shape index (κ1) is 10.0. The van der Waals surface area contributed by atoms with Crippen molar-refractivity contribution in [1.29, 1.82) is 0 Å². The summed E-state index contributed by atoms with van der Waals surface area (Å²) in [5.74, 6) is 0. The Labute approximate surface area is 75.9 Å². The van der Waals surface area contributed by atoms with Crippen molar-refractivity contribution < 1.29 is 0 Å². The molecule has 1 saturated carbocycles. The van der Waals surface area contributed by atoms with Gasteiger partial charge in [-0.15, -0.1) is 0 Å². The molecule has 0 aromatic rings. The molecule has 0 amide bonds. The molecule has 0 heterocycles. The van der Waals surface area contributed by atoms with Crippen LogP contribution in [0.15, 0.2) is 0 Å². The van der Waals surface area contributed by atoms with Crippen LogP contribution in [0.2, 0.25) is 0 Å². The molecule has 0 spiro atoms. The third-order valence-corrected chi connectivity index (χ3v) is 2.98. The zero-order chi connectivity index (χ0) is 9.03. The van der Waals surface area contributed by atoms with Crippen LogP contribution in [0.1, 0.15) is 39.5 Å². The van der Waals surface area contributed by atoms with E-state index in [1.807, 2.05) is 0 Å². The molecule has 1 atom stereocenters. The van der Waals surface area contributed by atoms with Crippen molar-refractivity contribution in [2.45, 2.75) is 45.6 Å². The summed E-state index contributed by atoms with van der Waals surface area (Å²) in [6, 6.07) is 0.342. The van der Waals surface area contributed by atoms with Gasteiger partial charge in [-0.25, -0.2) is 0 Å². The molecule has 0 aliphatic heterocycles. The SMILES string of the molecule is CCC1(CNCCC(C)N)CC1. The highest BCUT2D eigenvalue weighted by Crippen LogP contribution is 2.47. The molecular formula is C10H22N2. The van der Waals surface area contributed by atoms with Crippen LogP contribution in [-0.4, -0.2) is 19.1 Å². The number of nitrogens with one attached hydrogen (secondary N) is 1. The Balaban J connectivity index is 1.95. The second kappa shape index (κ2) is 4.24. The van der Waals surface area contributed by atoms with Gasteiger partial charge < -0.3 is 11.1 Å². The van der Waals surface area contributed by atoms with Gasteiger partial charge in [-0.3, -0.25) is 0 Å². The van der Waals surface area contributed by atoms with Gasteiger partial charge in [-0.1, -0.05) is 6.92 Å². The molecule has 1 aliphatic rings. The zero-order valence-electron chi connectivity index (χ0n) is 8.40. The van der Waals surface area contributed by atoms with E-state index in [2.05, 4.69) is 19.2 Å². The van der Waals surface area contributed by atoms with Gasteiger partial charge in [-0.2, -0.15) is 0 Å². The topological polar surface area (TPSA) is 38.0 Å². The van der Waals surface area contributed by atoms with E-state index in [1.165, 1.54) is 25.8 Å². The Morgan fingerprint density at radius 3 is 2.58 bits per heavy atom. The number of hydrogen-bond donors (Lipinski definition) is 2. The predicted octanol–water partition coefficient (Wildman–Crippen LogP) is 1.50. The minimum atomic E-state index is 0.342. The van der Waals surface area contributed by atoms with Crippen LogP contribution in [-0.2, 0) is 0 Å².